The molecule has 96 valence electrons. The Morgan fingerprint density at radius 3 is 2.29 bits per heavy atom. The Morgan fingerprint density at radius 1 is 1.24 bits per heavy atom. The summed E-state index contributed by atoms with van der Waals surface area (Å²) in [6.45, 7) is 3.68. The van der Waals surface area contributed by atoms with Gasteiger partial charge in [-0.3, -0.25) is 0 Å². The van der Waals surface area contributed by atoms with Gasteiger partial charge in [-0.05, 0) is 26.0 Å². The van der Waals surface area contributed by atoms with Gasteiger partial charge >= 0.3 is 5.66 Å². The van der Waals surface area contributed by atoms with Crippen LogP contribution < -0.4 is 5.73 Å². The summed E-state index contributed by atoms with van der Waals surface area (Å²) in [5.74, 6) is 0. The molecule has 17 heavy (non-hydrogen) atoms. The fourth-order valence-corrected chi connectivity index (χ4v) is 2.48. The molecule has 3 nitrogen and oxygen atoms in total. The van der Waals surface area contributed by atoms with E-state index in [-0.39, 0.29) is 18.8 Å². The topological polar surface area (TPSA) is 44.5 Å². The highest BCUT2D eigenvalue weighted by Gasteiger charge is 2.44. The van der Waals surface area contributed by atoms with Crippen molar-refractivity contribution >= 4 is 14.1 Å². The monoisotopic (exact) mass is 263 g/mol. The lowest BCUT2D eigenvalue weighted by Gasteiger charge is -2.25. The number of halogens is 2. The van der Waals surface area contributed by atoms with E-state index in [1.165, 1.54) is 18.2 Å². The van der Waals surface area contributed by atoms with Gasteiger partial charge in [0.15, 0.2) is 0 Å². The third kappa shape index (κ3) is 3.60. The molecule has 1 aromatic rings. The Hall–Kier alpha value is -0.770. The molecule has 6 heteroatoms. The minimum atomic E-state index is -3.16. The van der Waals surface area contributed by atoms with Crippen molar-refractivity contribution in [2.24, 2.45) is 0 Å². The first-order chi connectivity index (χ1) is 8.02. The average Bonchev–Trinajstić information content (AvgIpc) is 2.29. The summed E-state index contributed by atoms with van der Waals surface area (Å²) < 4.78 is 38.2. The van der Waals surface area contributed by atoms with Gasteiger partial charge in [-0.2, -0.15) is 8.78 Å². The lowest BCUT2D eigenvalue weighted by Crippen LogP contribution is -2.15. The molecule has 0 aliphatic heterocycles. The zero-order valence-electron chi connectivity index (χ0n) is 9.82. The maximum absolute atomic E-state index is 14.1. The molecule has 0 saturated heterocycles. The molecule has 0 amide bonds. The summed E-state index contributed by atoms with van der Waals surface area (Å²) >= 11 is 0. The first-order valence-electron chi connectivity index (χ1n) is 5.32. The minimum Gasteiger partial charge on any atom is -0.399 e. The maximum atomic E-state index is 14.1. The first-order valence-corrected chi connectivity index (χ1v) is 6.50. The van der Waals surface area contributed by atoms with Crippen LogP contribution in [0.1, 0.15) is 19.4 Å². The lowest BCUT2D eigenvalue weighted by atomic mass is 10.2. The quantitative estimate of drug-likeness (QED) is 0.628. The van der Waals surface area contributed by atoms with E-state index < -0.39 is 14.0 Å². The molecule has 0 aliphatic rings. The van der Waals surface area contributed by atoms with E-state index in [1.807, 2.05) is 0 Å². The molecule has 0 atom stereocenters. The van der Waals surface area contributed by atoms with Crippen molar-refractivity contribution in [1.29, 1.82) is 0 Å². The van der Waals surface area contributed by atoms with E-state index in [9.17, 15) is 8.78 Å². The van der Waals surface area contributed by atoms with E-state index >= 15 is 0 Å². The molecular formula is C11H16F2NO2P. The molecule has 0 saturated carbocycles. The number of nitrogens with two attached hydrogens (primary N) is 1. The highest BCUT2D eigenvalue weighted by Crippen LogP contribution is 2.59. The van der Waals surface area contributed by atoms with Gasteiger partial charge in [0.1, 0.15) is 0 Å². The predicted octanol–water partition coefficient (Wildman–Crippen LogP) is 3.70. The van der Waals surface area contributed by atoms with Crippen molar-refractivity contribution in [2.75, 3.05) is 18.9 Å². The fraction of sp³-hybridized carbons (Fsp3) is 0.455. The van der Waals surface area contributed by atoms with Gasteiger partial charge < -0.3 is 14.8 Å². The molecule has 0 unspecified atom stereocenters. The average molecular weight is 263 g/mol. The van der Waals surface area contributed by atoms with Gasteiger partial charge in [-0.1, -0.05) is 12.1 Å². The highest BCUT2D eigenvalue weighted by atomic mass is 31.2. The normalized spacial score (nSPS) is 12.1. The first kappa shape index (κ1) is 14.3. The Kier molecular flexibility index (Phi) is 5.25. The maximum Gasteiger partial charge on any atom is 0.339 e. The minimum absolute atomic E-state index is 0.175. The van der Waals surface area contributed by atoms with Crippen molar-refractivity contribution in [2.45, 2.75) is 19.5 Å². The third-order valence-corrected chi connectivity index (χ3v) is 3.66. The van der Waals surface area contributed by atoms with Crippen molar-refractivity contribution in [3.05, 3.63) is 29.8 Å². The molecule has 0 aromatic heterocycles. The second kappa shape index (κ2) is 6.24. The van der Waals surface area contributed by atoms with E-state index in [2.05, 4.69) is 0 Å². The molecule has 0 fully saturated rings. The van der Waals surface area contributed by atoms with Gasteiger partial charge in [0, 0.05) is 11.3 Å². The molecule has 0 spiro atoms. The van der Waals surface area contributed by atoms with Crippen molar-refractivity contribution in [1.82, 2.24) is 0 Å². The molecule has 1 aromatic carbocycles. The largest absolute Gasteiger partial charge is 0.399 e. The number of rotatable bonds is 6. The molecule has 0 bridgehead atoms. The SMILES string of the molecule is CCOP(OCC)C(F)(F)c1cccc(N)c1. The van der Waals surface area contributed by atoms with Gasteiger partial charge in [0.05, 0.1) is 13.2 Å². The number of hydrogen-bond donors (Lipinski definition) is 1. The van der Waals surface area contributed by atoms with Crippen LogP contribution in [0, 0.1) is 0 Å². The van der Waals surface area contributed by atoms with Crippen LogP contribution in [0.5, 0.6) is 0 Å². The van der Waals surface area contributed by atoms with Crippen molar-refractivity contribution in [3.8, 4) is 0 Å². The molecule has 0 heterocycles. The van der Waals surface area contributed by atoms with E-state index in [4.69, 9.17) is 14.8 Å². The summed E-state index contributed by atoms with van der Waals surface area (Å²) in [4.78, 5) is 0. The van der Waals surface area contributed by atoms with Crippen LogP contribution in [0.4, 0.5) is 14.5 Å². The van der Waals surface area contributed by atoms with Gasteiger partial charge in [-0.25, -0.2) is 0 Å². The van der Waals surface area contributed by atoms with Crippen molar-refractivity contribution in [3.63, 3.8) is 0 Å². The van der Waals surface area contributed by atoms with Gasteiger partial charge in [-0.15, -0.1) is 0 Å². The standard InChI is InChI=1S/C11H16F2NO2P/c1-3-15-17(16-4-2)11(12,13)9-6-5-7-10(14)8-9/h5-8H,3-4,14H2,1-2H3. The summed E-state index contributed by atoms with van der Waals surface area (Å²) in [6, 6.07) is 5.62. The summed E-state index contributed by atoms with van der Waals surface area (Å²) in [5, 5.41) is 0. The lowest BCUT2D eigenvalue weighted by molar-refractivity contribution is 0.0571. The van der Waals surface area contributed by atoms with E-state index in [0.29, 0.717) is 5.69 Å². The summed E-state index contributed by atoms with van der Waals surface area (Å²) in [7, 11) is -2.28. The number of hydrogen-bond acceptors (Lipinski definition) is 3. The summed E-state index contributed by atoms with van der Waals surface area (Å²) in [6.07, 6.45) is 0. The Bertz CT molecular complexity index is 357. The molecule has 0 radical (unpaired) electrons. The van der Waals surface area contributed by atoms with Crippen LogP contribution in [0.15, 0.2) is 24.3 Å². The number of benzene rings is 1. The molecular weight excluding hydrogens is 247 g/mol. The molecule has 0 aliphatic carbocycles. The van der Waals surface area contributed by atoms with Crippen LogP contribution in [0.2, 0.25) is 0 Å². The Labute approximate surface area is 101 Å². The van der Waals surface area contributed by atoms with Crippen LogP contribution in [-0.2, 0) is 14.7 Å². The third-order valence-electron chi connectivity index (χ3n) is 1.96. The van der Waals surface area contributed by atoms with Crippen LogP contribution in [-0.4, -0.2) is 13.2 Å². The fourth-order valence-electron chi connectivity index (χ4n) is 1.27. The van der Waals surface area contributed by atoms with Crippen LogP contribution >= 0.6 is 8.38 Å². The Morgan fingerprint density at radius 2 is 1.82 bits per heavy atom. The molecule has 2 N–H and O–H groups in total. The zero-order valence-corrected chi connectivity index (χ0v) is 10.7. The van der Waals surface area contributed by atoms with Crippen LogP contribution in [0.3, 0.4) is 0 Å². The van der Waals surface area contributed by atoms with Gasteiger partial charge in [0.2, 0.25) is 0 Å². The number of anilines is 1. The predicted molar refractivity (Wildman–Crippen MR) is 64.9 cm³/mol. The van der Waals surface area contributed by atoms with E-state index in [1.54, 1.807) is 19.9 Å². The smallest absolute Gasteiger partial charge is 0.339 e. The number of alkyl halides is 2. The molecule has 1 rings (SSSR count). The highest BCUT2D eigenvalue weighted by molar-refractivity contribution is 7.48. The van der Waals surface area contributed by atoms with E-state index in [0.717, 1.165) is 0 Å². The second-order valence-electron chi connectivity index (χ2n) is 3.26. The Balaban J connectivity index is 2.97. The second-order valence-corrected chi connectivity index (χ2v) is 4.85. The van der Waals surface area contributed by atoms with Crippen LogP contribution in [0.25, 0.3) is 0 Å². The number of nitrogen functional groups attached to an aromatic ring is 1. The van der Waals surface area contributed by atoms with Gasteiger partial charge in [0.25, 0.3) is 8.38 Å². The summed E-state index contributed by atoms with van der Waals surface area (Å²) in [5.41, 5.74) is 2.46. The zero-order chi connectivity index (χ0) is 12.9. The van der Waals surface area contributed by atoms with Crippen molar-refractivity contribution < 1.29 is 17.8 Å².